The van der Waals surface area contributed by atoms with Gasteiger partial charge in [-0.3, -0.25) is 9.59 Å². The van der Waals surface area contributed by atoms with Crippen molar-refractivity contribution in [2.24, 2.45) is 0 Å². The van der Waals surface area contributed by atoms with Crippen LogP contribution >= 0.6 is 11.3 Å². The molecule has 1 aromatic carbocycles. The number of nitrogens with zero attached hydrogens (tertiary/aromatic N) is 2. The van der Waals surface area contributed by atoms with Crippen molar-refractivity contribution in [3.05, 3.63) is 57.5 Å². The summed E-state index contributed by atoms with van der Waals surface area (Å²) >= 11 is 1.35. The first kappa shape index (κ1) is 16.2. The van der Waals surface area contributed by atoms with Gasteiger partial charge in [-0.15, -0.1) is 11.3 Å². The maximum Gasteiger partial charge on any atom is 0.268 e. The Morgan fingerprint density at radius 1 is 1.33 bits per heavy atom. The number of amides is 1. The van der Waals surface area contributed by atoms with E-state index in [-0.39, 0.29) is 24.4 Å². The molecule has 3 aromatic rings. The lowest BCUT2D eigenvalue weighted by molar-refractivity contribution is -0.129. The van der Waals surface area contributed by atoms with Gasteiger partial charge in [-0.2, -0.15) is 0 Å². The van der Waals surface area contributed by atoms with Crippen LogP contribution < -0.4 is 10.3 Å². The number of rotatable bonds is 5. The Morgan fingerprint density at radius 2 is 2.12 bits per heavy atom. The van der Waals surface area contributed by atoms with Gasteiger partial charge in [0.25, 0.3) is 5.56 Å². The number of methoxy groups -OCH3 is 1. The molecule has 0 aliphatic carbocycles. The van der Waals surface area contributed by atoms with Gasteiger partial charge >= 0.3 is 0 Å². The van der Waals surface area contributed by atoms with Crippen LogP contribution in [0.25, 0.3) is 10.2 Å². The molecule has 1 amide bonds. The molecule has 0 bridgehead atoms. The summed E-state index contributed by atoms with van der Waals surface area (Å²) in [6.07, 6.45) is 0.228. The van der Waals surface area contributed by atoms with E-state index in [1.54, 1.807) is 25.1 Å². The van der Waals surface area contributed by atoms with E-state index in [2.05, 4.69) is 9.97 Å². The number of H-pyrrole nitrogens is 1. The summed E-state index contributed by atoms with van der Waals surface area (Å²) in [7, 11) is 3.27. The molecule has 0 unspecified atom stereocenters. The molecule has 0 saturated heterocycles. The van der Waals surface area contributed by atoms with E-state index in [9.17, 15) is 9.59 Å². The van der Waals surface area contributed by atoms with E-state index >= 15 is 0 Å². The molecule has 0 atom stereocenters. The first-order valence-corrected chi connectivity index (χ1v) is 8.28. The number of fused-ring (bicyclic) bond motifs is 1. The zero-order valence-electron chi connectivity index (χ0n) is 13.4. The molecule has 2 aromatic heterocycles. The number of benzene rings is 1. The maximum atomic E-state index is 12.4. The van der Waals surface area contributed by atoms with E-state index in [0.29, 0.717) is 21.8 Å². The van der Waals surface area contributed by atoms with Crippen molar-refractivity contribution in [2.75, 3.05) is 14.2 Å². The highest BCUT2D eigenvalue weighted by Crippen LogP contribution is 2.19. The van der Waals surface area contributed by atoms with Gasteiger partial charge in [0.05, 0.1) is 25.6 Å². The average molecular weight is 343 g/mol. The Kier molecular flexibility index (Phi) is 4.61. The van der Waals surface area contributed by atoms with Crippen LogP contribution in [0.2, 0.25) is 0 Å². The average Bonchev–Trinajstić information content (AvgIpc) is 3.04. The van der Waals surface area contributed by atoms with Crippen molar-refractivity contribution in [3.8, 4) is 5.75 Å². The van der Waals surface area contributed by atoms with Crippen LogP contribution in [0.1, 0.15) is 11.4 Å². The van der Waals surface area contributed by atoms with Crippen LogP contribution in [0.15, 0.2) is 40.5 Å². The summed E-state index contributed by atoms with van der Waals surface area (Å²) in [4.78, 5) is 33.1. The SMILES string of the molecule is COc1ccccc1CC(=O)N(C)Cc1nc2ccsc2c(=O)[nH]1. The summed E-state index contributed by atoms with van der Waals surface area (Å²) in [5.74, 6) is 1.08. The number of thiophene rings is 1. The van der Waals surface area contributed by atoms with Crippen LogP contribution in [0, 0.1) is 0 Å². The largest absolute Gasteiger partial charge is 0.496 e. The van der Waals surface area contributed by atoms with Crippen LogP contribution in [-0.4, -0.2) is 34.9 Å². The molecular formula is C17H17N3O3S. The highest BCUT2D eigenvalue weighted by molar-refractivity contribution is 7.17. The molecule has 2 heterocycles. The van der Waals surface area contributed by atoms with E-state index < -0.39 is 0 Å². The zero-order chi connectivity index (χ0) is 17.1. The van der Waals surface area contributed by atoms with E-state index in [1.165, 1.54) is 11.3 Å². The number of carbonyl (C=O) groups excluding carboxylic acids is 1. The third-order valence-electron chi connectivity index (χ3n) is 3.71. The van der Waals surface area contributed by atoms with Crippen LogP contribution in [0.3, 0.4) is 0 Å². The Hall–Kier alpha value is -2.67. The number of aromatic nitrogens is 2. The molecule has 6 nitrogen and oxygen atoms in total. The summed E-state index contributed by atoms with van der Waals surface area (Å²) in [6, 6.07) is 9.22. The second-order valence-electron chi connectivity index (χ2n) is 5.39. The predicted octanol–water partition coefficient (Wildman–Crippen LogP) is 2.19. The number of hydrogen-bond acceptors (Lipinski definition) is 5. The quantitative estimate of drug-likeness (QED) is 0.770. The number of para-hydroxylation sites is 1. The van der Waals surface area contributed by atoms with Crippen molar-refractivity contribution in [2.45, 2.75) is 13.0 Å². The van der Waals surface area contributed by atoms with Gasteiger partial charge in [-0.05, 0) is 17.5 Å². The number of hydrogen-bond donors (Lipinski definition) is 1. The van der Waals surface area contributed by atoms with Gasteiger partial charge in [-0.1, -0.05) is 18.2 Å². The smallest absolute Gasteiger partial charge is 0.268 e. The fourth-order valence-electron chi connectivity index (χ4n) is 2.46. The lowest BCUT2D eigenvalue weighted by Crippen LogP contribution is -2.29. The molecular weight excluding hydrogens is 326 g/mol. The van der Waals surface area contributed by atoms with Crippen molar-refractivity contribution in [1.82, 2.24) is 14.9 Å². The molecule has 0 aliphatic rings. The molecule has 3 rings (SSSR count). The molecule has 0 spiro atoms. The first-order chi connectivity index (χ1) is 11.6. The minimum atomic E-state index is -0.171. The molecule has 0 aliphatic heterocycles. The monoisotopic (exact) mass is 343 g/mol. The standard InChI is InChI=1S/C17H17N3O3S/c1-20(15(21)9-11-5-3-4-6-13(11)23-2)10-14-18-12-7-8-24-16(12)17(22)19-14/h3-8H,9-10H2,1-2H3,(H,18,19,22). The Morgan fingerprint density at radius 3 is 2.92 bits per heavy atom. The number of nitrogens with one attached hydrogen (secondary N) is 1. The summed E-state index contributed by atoms with van der Waals surface area (Å²) < 4.78 is 5.87. The summed E-state index contributed by atoms with van der Waals surface area (Å²) in [6.45, 7) is 0.245. The Bertz CT molecular complexity index is 932. The molecule has 0 fully saturated rings. The first-order valence-electron chi connectivity index (χ1n) is 7.40. The number of ether oxygens (including phenoxy) is 1. The Balaban J connectivity index is 1.74. The molecule has 7 heteroatoms. The van der Waals surface area contributed by atoms with Crippen LogP contribution in [-0.2, 0) is 17.8 Å². The van der Waals surface area contributed by atoms with E-state index in [0.717, 1.165) is 5.56 Å². The summed E-state index contributed by atoms with van der Waals surface area (Å²) in [5, 5.41) is 1.83. The zero-order valence-corrected chi connectivity index (χ0v) is 14.2. The van der Waals surface area contributed by atoms with E-state index in [4.69, 9.17) is 4.74 Å². The van der Waals surface area contributed by atoms with Crippen LogP contribution in [0.4, 0.5) is 0 Å². The second kappa shape index (κ2) is 6.84. The highest BCUT2D eigenvalue weighted by atomic mass is 32.1. The molecule has 0 saturated carbocycles. The molecule has 1 N–H and O–H groups in total. The third kappa shape index (κ3) is 3.30. The number of likely N-dealkylation sites (N-methyl/N-ethyl adjacent to an activating group) is 1. The predicted molar refractivity (Wildman–Crippen MR) is 93.4 cm³/mol. The Labute approximate surface area is 142 Å². The molecule has 24 heavy (non-hydrogen) atoms. The van der Waals surface area contributed by atoms with Gasteiger partial charge in [-0.25, -0.2) is 4.98 Å². The fraction of sp³-hybridized carbons (Fsp3) is 0.235. The highest BCUT2D eigenvalue weighted by Gasteiger charge is 2.14. The third-order valence-corrected chi connectivity index (χ3v) is 4.61. The van der Waals surface area contributed by atoms with E-state index in [1.807, 2.05) is 29.6 Å². The summed E-state index contributed by atoms with van der Waals surface area (Å²) in [5.41, 5.74) is 1.31. The minimum absolute atomic E-state index is 0.0763. The molecule has 124 valence electrons. The fourth-order valence-corrected chi connectivity index (χ4v) is 3.18. The molecule has 0 radical (unpaired) electrons. The lowest BCUT2D eigenvalue weighted by atomic mass is 10.1. The van der Waals surface area contributed by atoms with Crippen LogP contribution in [0.5, 0.6) is 5.75 Å². The van der Waals surface area contributed by atoms with Gasteiger partial charge in [0.1, 0.15) is 16.3 Å². The lowest BCUT2D eigenvalue weighted by Gasteiger charge is -2.17. The number of carbonyl (C=O) groups is 1. The minimum Gasteiger partial charge on any atom is -0.496 e. The maximum absolute atomic E-state index is 12.4. The van der Waals surface area contributed by atoms with Crippen molar-refractivity contribution < 1.29 is 9.53 Å². The van der Waals surface area contributed by atoms with Gasteiger partial charge in [0.15, 0.2) is 0 Å². The normalized spacial score (nSPS) is 10.8. The number of aromatic amines is 1. The second-order valence-corrected chi connectivity index (χ2v) is 6.30. The van der Waals surface area contributed by atoms with Crippen molar-refractivity contribution >= 4 is 27.5 Å². The van der Waals surface area contributed by atoms with Gasteiger partial charge in [0, 0.05) is 12.6 Å². The van der Waals surface area contributed by atoms with Crippen molar-refractivity contribution in [1.29, 1.82) is 0 Å². The van der Waals surface area contributed by atoms with Gasteiger partial charge in [0.2, 0.25) is 5.91 Å². The van der Waals surface area contributed by atoms with Crippen molar-refractivity contribution in [3.63, 3.8) is 0 Å². The topological polar surface area (TPSA) is 75.3 Å². The van der Waals surface area contributed by atoms with Gasteiger partial charge < -0.3 is 14.6 Å².